The van der Waals surface area contributed by atoms with Crippen LogP contribution >= 0.6 is 0 Å². The van der Waals surface area contributed by atoms with Gasteiger partial charge in [0.15, 0.2) is 0 Å². The number of nitrogens with zero attached hydrogens (tertiary/aromatic N) is 2. The van der Waals surface area contributed by atoms with Gasteiger partial charge in [-0.1, -0.05) is 6.92 Å². The number of aliphatic hydroxyl groups is 1. The normalized spacial score (nSPS) is 21.3. The number of carbonyl (C=O) groups excluding carboxylic acids is 3. The molecular weight excluding hydrogens is 288 g/mol. The molecule has 0 aromatic carbocycles. The molecule has 2 aliphatic heterocycles. The maximum absolute atomic E-state index is 12.4. The van der Waals surface area contributed by atoms with Gasteiger partial charge in [-0.2, -0.15) is 0 Å². The summed E-state index contributed by atoms with van der Waals surface area (Å²) in [6.45, 7) is 3.93. The highest BCUT2D eigenvalue weighted by molar-refractivity contribution is 6.07. The Bertz CT molecular complexity index is 446. The molecule has 2 heterocycles. The van der Waals surface area contributed by atoms with Crippen LogP contribution in [-0.4, -0.2) is 77.6 Å². The number of carbonyl (C=O) groups is 3. The average Bonchev–Trinajstić information content (AvgIpc) is 2.73. The van der Waals surface area contributed by atoms with Gasteiger partial charge in [0.25, 0.3) is 5.91 Å². The zero-order chi connectivity index (χ0) is 16.2. The van der Waals surface area contributed by atoms with Crippen molar-refractivity contribution in [2.24, 2.45) is 0 Å². The number of hydrogen-bond donors (Lipinski definition) is 3. The van der Waals surface area contributed by atoms with E-state index in [0.29, 0.717) is 39.0 Å². The molecule has 1 spiro atoms. The van der Waals surface area contributed by atoms with Gasteiger partial charge >= 0.3 is 6.03 Å². The predicted octanol–water partition coefficient (Wildman–Crippen LogP) is -1.11. The van der Waals surface area contributed by atoms with E-state index in [1.54, 1.807) is 0 Å². The van der Waals surface area contributed by atoms with Crippen LogP contribution in [0.15, 0.2) is 0 Å². The Hall–Kier alpha value is -1.67. The highest BCUT2D eigenvalue weighted by Crippen LogP contribution is 2.29. The van der Waals surface area contributed by atoms with Crippen molar-refractivity contribution in [3.05, 3.63) is 0 Å². The van der Waals surface area contributed by atoms with Crippen molar-refractivity contribution in [1.82, 2.24) is 20.4 Å². The van der Waals surface area contributed by atoms with Gasteiger partial charge in [-0.05, 0) is 19.3 Å². The Morgan fingerprint density at radius 3 is 2.64 bits per heavy atom. The fourth-order valence-electron chi connectivity index (χ4n) is 2.93. The molecule has 0 radical (unpaired) electrons. The molecule has 8 heteroatoms. The van der Waals surface area contributed by atoms with E-state index in [2.05, 4.69) is 10.6 Å². The summed E-state index contributed by atoms with van der Waals surface area (Å²) in [5.41, 5.74) is -0.858. The average molecular weight is 312 g/mol. The number of imide groups is 1. The number of urea groups is 1. The molecule has 0 aromatic rings. The van der Waals surface area contributed by atoms with Crippen LogP contribution < -0.4 is 10.6 Å². The van der Waals surface area contributed by atoms with Gasteiger partial charge in [0.2, 0.25) is 5.91 Å². The molecule has 2 aliphatic rings. The third-order valence-electron chi connectivity index (χ3n) is 4.22. The minimum Gasteiger partial charge on any atom is -0.395 e. The van der Waals surface area contributed by atoms with Crippen molar-refractivity contribution >= 4 is 17.8 Å². The summed E-state index contributed by atoms with van der Waals surface area (Å²) in [5.74, 6) is -0.275. The van der Waals surface area contributed by atoms with Crippen LogP contribution in [0, 0.1) is 0 Å². The highest BCUT2D eigenvalue weighted by Gasteiger charge is 2.52. The maximum Gasteiger partial charge on any atom is 0.325 e. The van der Waals surface area contributed by atoms with Gasteiger partial charge in [-0.25, -0.2) is 4.79 Å². The SMILES string of the molecule is CCCNC(=O)CN1CCC2(CC1)NC(=O)N(CCO)C2=O. The van der Waals surface area contributed by atoms with Crippen LogP contribution in [0.25, 0.3) is 0 Å². The van der Waals surface area contributed by atoms with Crippen molar-refractivity contribution in [2.75, 3.05) is 39.3 Å². The second-order valence-electron chi connectivity index (χ2n) is 5.82. The fraction of sp³-hybridized carbons (Fsp3) is 0.786. The van der Waals surface area contributed by atoms with Gasteiger partial charge in [0, 0.05) is 19.6 Å². The van der Waals surface area contributed by atoms with Crippen molar-refractivity contribution in [3.63, 3.8) is 0 Å². The molecular formula is C14H24N4O4. The smallest absolute Gasteiger partial charge is 0.325 e. The van der Waals surface area contributed by atoms with Crippen LogP contribution in [0.5, 0.6) is 0 Å². The molecule has 0 aromatic heterocycles. The number of aliphatic hydroxyl groups excluding tert-OH is 1. The number of β-amino-alcohol motifs (C(OH)–C–C–N with tert-alkyl or cyclic N) is 1. The Labute approximate surface area is 129 Å². The lowest BCUT2D eigenvalue weighted by Crippen LogP contribution is -2.56. The number of piperidine rings is 1. The Morgan fingerprint density at radius 2 is 2.05 bits per heavy atom. The molecule has 0 unspecified atom stereocenters. The number of hydrogen-bond acceptors (Lipinski definition) is 5. The highest BCUT2D eigenvalue weighted by atomic mass is 16.3. The van der Waals surface area contributed by atoms with E-state index in [1.165, 1.54) is 0 Å². The molecule has 2 fully saturated rings. The lowest BCUT2D eigenvalue weighted by molar-refractivity contribution is -0.133. The zero-order valence-electron chi connectivity index (χ0n) is 12.9. The number of likely N-dealkylation sites (tertiary alicyclic amines) is 1. The summed E-state index contributed by atoms with van der Waals surface area (Å²) >= 11 is 0. The quantitative estimate of drug-likeness (QED) is 0.540. The largest absolute Gasteiger partial charge is 0.395 e. The van der Waals surface area contributed by atoms with Crippen LogP contribution in [0.1, 0.15) is 26.2 Å². The monoisotopic (exact) mass is 312 g/mol. The first-order valence-electron chi connectivity index (χ1n) is 7.76. The molecule has 0 aliphatic carbocycles. The molecule has 124 valence electrons. The molecule has 2 rings (SSSR count). The molecule has 8 nitrogen and oxygen atoms in total. The van der Waals surface area contributed by atoms with E-state index < -0.39 is 11.6 Å². The van der Waals surface area contributed by atoms with Gasteiger partial charge in [0.05, 0.1) is 19.7 Å². The van der Waals surface area contributed by atoms with Crippen LogP contribution in [0.3, 0.4) is 0 Å². The van der Waals surface area contributed by atoms with Crippen molar-refractivity contribution in [2.45, 2.75) is 31.7 Å². The summed E-state index contributed by atoms with van der Waals surface area (Å²) < 4.78 is 0. The molecule has 0 saturated carbocycles. The summed E-state index contributed by atoms with van der Waals surface area (Å²) in [7, 11) is 0. The third kappa shape index (κ3) is 3.38. The molecule has 3 N–H and O–H groups in total. The Morgan fingerprint density at radius 1 is 1.36 bits per heavy atom. The topological polar surface area (TPSA) is 102 Å². The van der Waals surface area contributed by atoms with E-state index in [-0.39, 0.29) is 25.0 Å². The van der Waals surface area contributed by atoms with E-state index in [4.69, 9.17) is 5.11 Å². The van der Waals surface area contributed by atoms with Gasteiger partial charge in [0.1, 0.15) is 5.54 Å². The molecule has 4 amide bonds. The molecule has 2 saturated heterocycles. The number of rotatable bonds is 6. The van der Waals surface area contributed by atoms with Crippen LogP contribution in [0.2, 0.25) is 0 Å². The van der Waals surface area contributed by atoms with E-state index >= 15 is 0 Å². The van der Waals surface area contributed by atoms with Gasteiger partial charge in [-0.3, -0.25) is 19.4 Å². The van der Waals surface area contributed by atoms with Gasteiger partial charge in [-0.15, -0.1) is 0 Å². The lowest BCUT2D eigenvalue weighted by atomic mass is 9.87. The predicted molar refractivity (Wildman–Crippen MR) is 79.0 cm³/mol. The Kier molecular flexibility index (Phi) is 5.36. The zero-order valence-corrected chi connectivity index (χ0v) is 12.9. The summed E-state index contributed by atoms with van der Waals surface area (Å²) in [6, 6.07) is -0.437. The van der Waals surface area contributed by atoms with Crippen LogP contribution in [-0.2, 0) is 9.59 Å². The van der Waals surface area contributed by atoms with Gasteiger partial charge < -0.3 is 15.7 Å². The van der Waals surface area contributed by atoms with E-state index in [0.717, 1.165) is 11.3 Å². The minimum absolute atomic E-state index is 0.0125. The van der Waals surface area contributed by atoms with Crippen molar-refractivity contribution < 1.29 is 19.5 Å². The first-order chi connectivity index (χ1) is 10.5. The first kappa shape index (κ1) is 16.7. The summed E-state index contributed by atoms with van der Waals surface area (Å²) in [5, 5.41) is 14.5. The second-order valence-corrected chi connectivity index (χ2v) is 5.82. The van der Waals surface area contributed by atoms with E-state index in [9.17, 15) is 14.4 Å². The molecule has 0 bridgehead atoms. The first-order valence-corrected chi connectivity index (χ1v) is 7.76. The second kappa shape index (κ2) is 7.06. The molecule has 22 heavy (non-hydrogen) atoms. The fourth-order valence-corrected chi connectivity index (χ4v) is 2.93. The number of nitrogens with one attached hydrogen (secondary N) is 2. The van der Waals surface area contributed by atoms with E-state index in [1.807, 2.05) is 11.8 Å². The third-order valence-corrected chi connectivity index (χ3v) is 4.22. The summed E-state index contributed by atoms with van der Waals surface area (Å²) in [6.07, 6.45) is 1.87. The standard InChI is InChI=1S/C14H24N4O4/c1-2-5-15-11(20)10-17-6-3-14(4-7-17)12(21)18(8-9-19)13(22)16-14/h19H,2-10H2,1H3,(H,15,20)(H,16,22). The van der Waals surface area contributed by atoms with Crippen molar-refractivity contribution in [1.29, 1.82) is 0 Å². The Balaban J connectivity index is 1.88. The lowest BCUT2D eigenvalue weighted by Gasteiger charge is -2.36. The molecule has 0 atom stereocenters. The maximum atomic E-state index is 12.4. The summed E-state index contributed by atoms with van der Waals surface area (Å²) in [4.78, 5) is 39.0. The number of amides is 4. The van der Waals surface area contributed by atoms with Crippen LogP contribution in [0.4, 0.5) is 4.79 Å². The minimum atomic E-state index is -0.858. The van der Waals surface area contributed by atoms with Crippen molar-refractivity contribution in [3.8, 4) is 0 Å².